The van der Waals surface area contributed by atoms with Gasteiger partial charge in [0.25, 0.3) is 5.91 Å². The lowest BCUT2D eigenvalue weighted by Crippen LogP contribution is -2.47. The van der Waals surface area contributed by atoms with E-state index in [9.17, 15) is 4.79 Å². The number of halogens is 1. The number of carbonyl (C=O) groups excluding carboxylic acids is 1. The lowest BCUT2D eigenvalue weighted by Gasteiger charge is -2.28. The smallest absolute Gasteiger partial charge is 0.258 e. The first kappa shape index (κ1) is 18.6. The molecule has 0 saturated carbocycles. The molecule has 2 N–H and O–H groups in total. The predicted octanol–water partition coefficient (Wildman–Crippen LogP) is 2.14. The normalized spacial score (nSPS) is 20.6. The van der Waals surface area contributed by atoms with Gasteiger partial charge < -0.3 is 20.1 Å². The van der Waals surface area contributed by atoms with Gasteiger partial charge in [0.15, 0.2) is 6.61 Å². The molecule has 6 heteroatoms. The fourth-order valence-electron chi connectivity index (χ4n) is 2.48. The molecule has 0 bridgehead atoms. The Balaban J connectivity index is 0.00000242. The Morgan fingerprint density at radius 2 is 1.91 bits per heavy atom. The summed E-state index contributed by atoms with van der Waals surface area (Å²) in [4.78, 5) is 11.9. The summed E-state index contributed by atoms with van der Waals surface area (Å²) in [6, 6.07) is 8.00. The van der Waals surface area contributed by atoms with Crippen LogP contribution < -0.4 is 20.1 Å². The second-order valence-corrected chi connectivity index (χ2v) is 5.34. The lowest BCUT2D eigenvalue weighted by atomic mass is 10.0. The second-order valence-electron chi connectivity index (χ2n) is 5.34. The summed E-state index contributed by atoms with van der Waals surface area (Å²) in [7, 11) is 0. The van der Waals surface area contributed by atoms with E-state index in [1.165, 1.54) is 0 Å². The molecule has 22 heavy (non-hydrogen) atoms. The summed E-state index contributed by atoms with van der Waals surface area (Å²) in [6.07, 6.45) is 1.94. The van der Waals surface area contributed by atoms with Crippen LogP contribution in [0.4, 0.5) is 0 Å². The summed E-state index contributed by atoms with van der Waals surface area (Å²) >= 11 is 0. The first-order chi connectivity index (χ1) is 10.2. The van der Waals surface area contributed by atoms with Crippen molar-refractivity contribution in [1.82, 2.24) is 10.6 Å². The van der Waals surface area contributed by atoms with Crippen LogP contribution in [0.1, 0.15) is 26.7 Å². The van der Waals surface area contributed by atoms with E-state index in [0.717, 1.165) is 25.1 Å². The number of hydrogen-bond acceptors (Lipinski definition) is 4. The van der Waals surface area contributed by atoms with Crippen molar-refractivity contribution < 1.29 is 14.3 Å². The van der Waals surface area contributed by atoms with E-state index < -0.39 is 0 Å². The Labute approximate surface area is 138 Å². The van der Waals surface area contributed by atoms with E-state index in [1.54, 1.807) is 0 Å². The van der Waals surface area contributed by atoms with Crippen LogP contribution in [0.2, 0.25) is 0 Å². The molecule has 0 aromatic heterocycles. The fraction of sp³-hybridized carbons (Fsp3) is 0.562. The monoisotopic (exact) mass is 328 g/mol. The average molecular weight is 329 g/mol. The summed E-state index contributed by atoms with van der Waals surface area (Å²) in [5, 5.41) is 6.39. The number of benzene rings is 1. The minimum absolute atomic E-state index is 0. The maximum atomic E-state index is 11.9. The van der Waals surface area contributed by atoms with Crippen LogP contribution in [0, 0.1) is 0 Å². The van der Waals surface area contributed by atoms with Gasteiger partial charge in [-0.2, -0.15) is 0 Å². The van der Waals surface area contributed by atoms with Gasteiger partial charge in [0.1, 0.15) is 11.5 Å². The van der Waals surface area contributed by atoms with Crippen molar-refractivity contribution in [3.05, 3.63) is 24.3 Å². The Kier molecular flexibility index (Phi) is 8.06. The Hall–Kier alpha value is -1.46. The number of piperidine rings is 1. The number of hydrogen-bond donors (Lipinski definition) is 2. The van der Waals surface area contributed by atoms with E-state index in [2.05, 4.69) is 17.6 Å². The second kappa shape index (κ2) is 9.54. The van der Waals surface area contributed by atoms with Crippen molar-refractivity contribution in [3.8, 4) is 11.5 Å². The zero-order chi connectivity index (χ0) is 15.1. The molecule has 2 unspecified atom stereocenters. The van der Waals surface area contributed by atoms with E-state index in [0.29, 0.717) is 18.4 Å². The molecule has 0 radical (unpaired) electrons. The van der Waals surface area contributed by atoms with Crippen LogP contribution in [0.5, 0.6) is 11.5 Å². The lowest BCUT2D eigenvalue weighted by molar-refractivity contribution is -0.124. The zero-order valence-corrected chi connectivity index (χ0v) is 13.9. The van der Waals surface area contributed by atoms with Crippen molar-refractivity contribution in [2.24, 2.45) is 0 Å². The molecule has 1 fully saturated rings. The van der Waals surface area contributed by atoms with E-state index >= 15 is 0 Å². The summed E-state index contributed by atoms with van der Waals surface area (Å²) < 4.78 is 10.8. The van der Waals surface area contributed by atoms with Gasteiger partial charge in [-0.05, 0) is 57.5 Å². The third-order valence-corrected chi connectivity index (χ3v) is 3.49. The molecule has 5 nitrogen and oxygen atoms in total. The first-order valence-corrected chi connectivity index (χ1v) is 7.55. The molecule has 1 aliphatic rings. The van der Waals surface area contributed by atoms with Gasteiger partial charge in [0, 0.05) is 12.1 Å². The standard InChI is InChI=1S/C16H24N2O3.ClH/c1-3-20-14-4-6-15(7-5-14)21-11-16(19)18-13-8-9-17-12(2)10-13;/h4-7,12-13,17H,3,8-11H2,1-2H3,(H,18,19);1H. The number of carbonyl (C=O) groups is 1. The van der Waals surface area contributed by atoms with E-state index in [-0.39, 0.29) is 31.0 Å². The van der Waals surface area contributed by atoms with Gasteiger partial charge in [-0.15, -0.1) is 12.4 Å². The molecule has 2 atom stereocenters. The Bertz CT molecular complexity index is 453. The van der Waals surface area contributed by atoms with Crippen LogP contribution in [0.15, 0.2) is 24.3 Å². The molecule has 1 amide bonds. The molecular weight excluding hydrogens is 304 g/mol. The van der Waals surface area contributed by atoms with Crippen molar-refractivity contribution >= 4 is 18.3 Å². The molecule has 1 heterocycles. The Morgan fingerprint density at radius 3 is 2.50 bits per heavy atom. The van der Waals surface area contributed by atoms with Gasteiger partial charge in [-0.3, -0.25) is 4.79 Å². The quantitative estimate of drug-likeness (QED) is 0.840. The number of ether oxygens (including phenoxy) is 2. The molecule has 1 aromatic rings. The van der Waals surface area contributed by atoms with Gasteiger partial charge in [-0.1, -0.05) is 0 Å². The van der Waals surface area contributed by atoms with E-state index in [1.807, 2.05) is 31.2 Å². The minimum Gasteiger partial charge on any atom is -0.494 e. The van der Waals surface area contributed by atoms with Crippen LogP contribution in [0.25, 0.3) is 0 Å². The molecule has 124 valence electrons. The molecule has 1 saturated heterocycles. The number of amides is 1. The fourth-order valence-corrected chi connectivity index (χ4v) is 2.48. The van der Waals surface area contributed by atoms with Crippen LogP contribution in [-0.4, -0.2) is 37.7 Å². The first-order valence-electron chi connectivity index (χ1n) is 7.55. The highest BCUT2D eigenvalue weighted by atomic mass is 35.5. The van der Waals surface area contributed by atoms with Gasteiger partial charge in [0.05, 0.1) is 6.61 Å². The van der Waals surface area contributed by atoms with Gasteiger partial charge in [-0.25, -0.2) is 0 Å². The van der Waals surface area contributed by atoms with Crippen LogP contribution in [-0.2, 0) is 4.79 Å². The third kappa shape index (κ3) is 6.12. The maximum Gasteiger partial charge on any atom is 0.258 e. The molecule has 1 aliphatic heterocycles. The number of nitrogens with one attached hydrogen (secondary N) is 2. The largest absolute Gasteiger partial charge is 0.494 e. The van der Waals surface area contributed by atoms with Crippen molar-refractivity contribution in [1.29, 1.82) is 0 Å². The molecular formula is C16H25ClN2O3. The highest BCUT2D eigenvalue weighted by Gasteiger charge is 2.19. The van der Waals surface area contributed by atoms with Crippen molar-refractivity contribution in [2.75, 3.05) is 19.8 Å². The zero-order valence-electron chi connectivity index (χ0n) is 13.1. The minimum atomic E-state index is -0.0667. The van der Waals surface area contributed by atoms with Gasteiger partial charge in [0.2, 0.25) is 0 Å². The maximum absolute atomic E-state index is 11.9. The predicted molar refractivity (Wildman–Crippen MR) is 89.0 cm³/mol. The highest BCUT2D eigenvalue weighted by molar-refractivity contribution is 5.85. The molecule has 1 aromatic carbocycles. The molecule has 0 spiro atoms. The van der Waals surface area contributed by atoms with E-state index in [4.69, 9.17) is 9.47 Å². The van der Waals surface area contributed by atoms with Crippen molar-refractivity contribution in [2.45, 2.75) is 38.8 Å². The third-order valence-electron chi connectivity index (χ3n) is 3.49. The molecule has 0 aliphatic carbocycles. The van der Waals surface area contributed by atoms with Gasteiger partial charge >= 0.3 is 0 Å². The highest BCUT2D eigenvalue weighted by Crippen LogP contribution is 2.17. The SMILES string of the molecule is CCOc1ccc(OCC(=O)NC2CCNC(C)C2)cc1.Cl. The van der Waals surface area contributed by atoms with Crippen molar-refractivity contribution in [3.63, 3.8) is 0 Å². The average Bonchev–Trinajstić information content (AvgIpc) is 2.47. The number of rotatable bonds is 6. The Morgan fingerprint density at radius 1 is 1.27 bits per heavy atom. The van der Waals surface area contributed by atoms with Crippen LogP contribution >= 0.6 is 12.4 Å². The summed E-state index contributed by atoms with van der Waals surface area (Å²) in [5.74, 6) is 1.41. The van der Waals surface area contributed by atoms with Crippen LogP contribution in [0.3, 0.4) is 0 Å². The summed E-state index contributed by atoms with van der Waals surface area (Å²) in [5.41, 5.74) is 0. The molecule has 2 rings (SSSR count). The summed E-state index contributed by atoms with van der Waals surface area (Å²) in [6.45, 7) is 5.71. The topological polar surface area (TPSA) is 59.6 Å².